The minimum Gasteiger partial charge on any atom is -0.497 e. The van der Waals surface area contributed by atoms with Gasteiger partial charge in [-0.05, 0) is 49.2 Å². The molecule has 0 fully saturated rings. The lowest BCUT2D eigenvalue weighted by atomic mass is 9.95. The van der Waals surface area contributed by atoms with E-state index < -0.39 is 0 Å². The number of hydrogen-bond donors (Lipinski definition) is 1. The maximum atomic E-state index is 13.6. The van der Waals surface area contributed by atoms with Crippen molar-refractivity contribution in [3.05, 3.63) is 101 Å². The van der Waals surface area contributed by atoms with E-state index in [2.05, 4.69) is 41.4 Å². The number of hydrogen-bond acceptors (Lipinski definition) is 4. The van der Waals surface area contributed by atoms with Crippen molar-refractivity contribution >= 4 is 5.91 Å². The summed E-state index contributed by atoms with van der Waals surface area (Å²) >= 11 is 0. The molecule has 34 heavy (non-hydrogen) atoms. The van der Waals surface area contributed by atoms with Crippen LogP contribution < -0.4 is 9.47 Å². The fourth-order valence-electron chi connectivity index (χ4n) is 4.48. The molecule has 1 aromatic heterocycles. The first kappa shape index (κ1) is 21.8. The molecule has 172 valence electrons. The number of carbonyl (C=O) groups excluding carboxylic acids is 1. The Morgan fingerprint density at radius 3 is 2.26 bits per heavy atom. The number of H-pyrrole nitrogens is 1. The predicted molar refractivity (Wildman–Crippen MR) is 131 cm³/mol. The summed E-state index contributed by atoms with van der Waals surface area (Å²) in [4.78, 5) is 15.5. The van der Waals surface area contributed by atoms with Crippen molar-refractivity contribution in [1.82, 2.24) is 15.1 Å². The highest BCUT2D eigenvalue weighted by molar-refractivity contribution is 6.00. The van der Waals surface area contributed by atoms with Gasteiger partial charge < -0.3 is 14.4 Å². The maximum Gasteiger partial charge on any atom is 0.273 e. The second-order valence-corrected chi connectivity index (χ2v) is 8.41. The third kappa shape index (κ3) is 3.92. The van der Waals surface area contributed by atoms with Gasteiger partial charge in [0.2, 0.25) is 0 Å². The van der Waals surface area contributed by atoms with Crippen LogP contribution in [0.1, 0.15) is 45.7 Å². The molecular weight excluding hydrogens is 426 g/mol. The van der Waals surface area contributed by atoms with E-state index >= 15 is 0 Å². The van der Waals surface area contributed by atoms with Gasteiger partial charge in [0.25, 0.3) is 5.91 Å². The minimum atomic E-state index is -0.268. The Bertz CT molecular complexity index is 1290. The van der Waals surface area contributed by atoms with Crippen LogP contribution in [0.3, 0.4) is 0 Å². The van der Waals surface area contributed by atoms with Crippen LogP contribution in [0, 0.1) is 6.92 Å². The summed E-state index contributed by atoms with van der Waals surface area (Å²) < 4.78 is 10.9. The van der Waals surface area contributed by atoms with Crippen molar-refractivity contribution < 1.29 is 14.3 Å². The van der Waals surface area contributed by atoms with E-state index in [1.54, 1.807) is 7.11 Å². The summed E-state index contributed by atoms with van der Waals surface area (Å²) in [5, 5.41) is 7.59. The summed E-state index contributed by atoms with van der Waals surface area (Å²) in [6.07, 6.45) is 0. The molecule has 1 aliphatic rings. The van der Waals surface area contributed by atoms with Crippen molar-refractivity contribution in [2.45, 2.75) is 26.4 Å². The fraction of sp³-hybridized carbons (Fsp3) is 0.214. The molecular formula is C28H27N3O3. The summed E-state index contributed by atoms with van der Waals surface area (Å²) in [6, 6.07) is 23.8. The van der Waals surface area contributed by atoms with Gasteiger partial charge >= 0.3 is 0 Å². The number of aromatic amines is 1. The summed E-state index contributed by atoms with van der Waals surface area (Å²) in [5.74, 6) is 1.54. The van der Waals surface area contributed by atoms with Crippen molar-refractivity contribution in [3.63, 3.8) is 0 Å². The number of carbonyl (C=O) groups is 1. The molecule has 1 unspecified atom stereocenters. The quantitative estimate of drug-likeness (QED) is 0.399. The van der Waals surface area contributed by atoms with Crippen LogP contribution in [0.4, 0.5) is 0 Å². The Labute approximate surface area is 199 Å². The normalized spacial score (nSPS) is 14.9. The zero-order valence-corrected chi connectivity index (χ0v) is 19.5. The van der Waals surface area contributed by atoms with E-state index in [0.29, 0.717) is 18.8 Å². The molecule has 1 atom stereocenters. The van der Waals surface area contributed by atoms with E-state index in [9.17, 15) is 4.79 Å². The number of nitrogens with one attached hydrogen (secondary N) is 1. The highest BCUT2D eigenvalue weighted by atomic mass is 16.5. The smallest absolute Gasteiger partial charge is 0.273 e. The van der Waals surface area contributed by atoms with Gasteiger partial charge in [-0.15, -0.1) is 0 Å². The highest BCUT2D eigenvalue weighted by Gasteiger charge is 2.42. The molecule has 1 N–H and O–H groups in total. The molecule has 1 aliphatic heterocycles. The largest absolute Gasteiger partial charge is 0.497 e. The van der Waals surface area contributed by atoms with Crippen LogP contribution in [-0.4, -0.2) is 34.7 Å². The molecule has 0 spiro atoms. The Morgan fingerprint density at radius 2 is 1.62 bits per heavy atom. The van der Waals surface area contributed by atoms with Crippen molar-refractivity contribution in [2.75, 3.05) is 13.7 Å². The Balaban J connectivity index is 1.58. The lowest BCUT2D eigenvalue weighted by molar-refractivity contribution is 0.0730. The van der Waals surface area contributed by atoms with Crippen LogP contribution in [0.5, 0.6) is 11.5 Å². The second kappa shape index (κ2) is 9.06. The van der Waals surface area contributed by atoms with Gasteiger partial charge in [-0.2, -0.15) is 5.10 Å². The van der Waals surface area contributed by atoms with E-state index in [-0.39, 0.29) is 11.9 Å². The van der Waals surface area contributed by atoms with Gasteiger partial charge in [-0.25, -0.2) is 0 Å². The average molecular weight is 454 g/mol. The molecule has 0 aliphatic carbocycles. The highest BCUT2D eigenvalue weighted by Crippen LogP contribution is 2.43. The Morgan fingerprint density at radius 1 is 0.941 bits per heavy atom. The lowest BCUT2D eigenvalue weighted by Crippen LogP contribution is -2.29. The van der Waals surface area contributed by atoms with E-state index in [0.717, 1.165) is 39.4 Å². The second-order valence-electron chi connectivity index (χ2n) is 8.41. The Hall–Kier alpha value is -4.06. The predicted octanol–water partition coefficient (Wildman–Crippen LogP) is 5.54. The number of nitrogens with zero attached hydrogens (tertiary/aromatic N) is 2. The molecule has 2 heterocycles. The first-order chi connectivity index (χ1) is 16.6. The van der Waals surface area contributed by atoms with Crippen LogP contribution >= 0.6 is 0 Å². The van der Waals surface area contributed by atoms with Crippen LogP contribution in [0.2, 0.25) is 0 Å². The number of benzene rings is 3. The standard InChI is InChI=1S/C28H27N3O3/c1-4-34-23-15-11-21(12-16-23)27-24-25(20-9-5-18(2)6-10-20)29-30-26(24)28(32)31(27)17-19-7-13-22(33-3)14-8-19/h5-16,27H,4,17H2,1-3H3,(H,29,30). The van der Waals surface area contributed by atoms with Gasteiger partial charge in [0.05, 0.1) is 25.5 Å². The topological polar surface area (TPSA) is 67.5 Å². The maximum absolute atomic E-state index is 13.6. The third-order valence-corrected chi connectivity index (χ3v) is 6.21. The fourth-order valence-corrected chi connectivity index (χ4v) is 4.48. The molecule has 6 nitrogen and oxygen atoms in total. The minimum absolute atomic E-state index is 0.0597. The van der Waals surface area contributed by atoms with E-state index in [1.165, 1.54) is 5.56 Å². The number of aryl methyl sites for hydroxylation is 1. The molecule has 1 amide bonds. The molecule has 3 aromatic carbocycles. The molecule has 6 heteroatoms. The molecule has 0 saturated heterocycles. The van der Waals surface area contributed by atoms with Gasteiger partial charge in [-0.1, -0.05) is 54.1 Å². The Kier molecular flexibility index (Phi) is 5.80. The molecule has 0 radical (unpaired) electrons. The zero-order valence-electron chi connectivity index (χ0n) is 19.5. The van der Waals surface area contributed by atoms with Crippen LogP contribution in [-0.2, 0) is 6.54 Å². The monoisotopic (exact) mass is 453 g/mol. The number of rotatable bonds is 7. The van der Waals surface area contributed by atoms with Crippen molar-refractivity contribution in [3.8, 4) is 22.8 Å². The average Bonchev–Trinajstić information content (AvgIpc) is 3.40. The number of aromatic nitrogens is 2. The van der Waals surface area contributed by atoms with Gasteiger partial charge in [0.15, 0.2) is 0 Å². The molecule has 0 saturated carbocycles. The lowest BCUT2D eigenvalue weighted by Gasteiger charge is -2.27. The SMILES string of the molecule is CCOc1ccc(C2c3c(-c4ccc(C)cc4)n[nH]c3C(=O)N2Cc2ccc(OC)cc2)cc1. The van der Waals surface area contributed by atoms with E-state index in [4.69, 9.17) is 9.47 Å². The van der Waals surface area contributed by atoms with Gasteiger partial charge in [-0.3, -0.25) is 9.89 Å². The third-order valence-electron chi connectivity index (χ3n) is 6.21. The zero-order chi connectivity index (χ0) is 23.7. The van der Waals surface area contributed by atoms with Crippen LogP contribution in [0.25, 0.3) is 11.3 Å². The number of methoxy groups -OCH3 is 1. The van der Waals surface area contributed by atoms with Crippen molar-refractivity contribution in [1.29, 1.82) is 0 Å². The van der Waals surface area contributed by atoms with Crippen molar-refractivity contribution in [2.24, 2.45) is 0 Å². The summed E-state index contributed by atoms with van der Waals surface area (Å²) in [5.41, 5.74) is 6.46. The molecule has 4 aromatic rings. The summed E-state index contributed by atoms with van der Waals surface area (Å²) in [7, 11) is 1.65. The molecule has 0 bridgehead atoms. The summed E-state index contributed by atoms with van der Waals surface area (Å²) in [6.45, 7) is 5.10. The van der Waals surface area contributed by atoms with Gasteiger partial charge in [0.1, 0.15) is 17.2 Å². The number of fused-ring (bicyclic) bond motifs is 1. The number of amides is 1. The van der Waals surface area contributed by atoms with Gasteiger partial charge in [0, 0.05) is 17.7 Å². The van der Waals surface area contributed by atoms with E-state index in [1.807, 2.05) is 60.4 Å². The van der Waals surface area contributed by atoms with Crippen LogP contribution in [0.15, 0.2) is 72.8 Å². The first-order valence-corrected chi connectivity index (χ1v) is 11.4. The first-order valence-electron chi connectivity index (χ1n) is 11.4. The number of ether oxygens (including phenoxy) is 2. The molecule has 5 rings (SSSR count).